The number of carbonyl (C=O) groups is 2. The van der Waals surface area contributed by atoms with E-state index in [1.807, 2.05) is 0 Å². The molecule has 226 valence electrons. The fourth-order valence-electron chi connectivity index (χ4n) is 4.81. The number of aromatic nitrogens is 2. The van der Waals surface area contributed by atoms with E-state index in [1.165, 1.54) is 0 Å². The van der Waals surface area contributed by atoms with Crippen molar-refractivity contribution in [1.29, 1.82) is 0 Å². The largest absolute Gasteiger partial charge is 0.448 e. The summed E-state index contributed by atoms with van der Waals surface area (Å²) >= 11 is 0. The number of sulfonamides is 1. The second-order valence-electron chi connectivity index (χ2n) is 9.40. The smallest absolute Gasteiger partial charge is 0.434 e. The zero-order chi connectivity index (χ0) is 29.3. The van der Waals surface area contributed by atoms with E-state index < -0.39 is 38.6 Å². The topological polar surface area (TPSA) is 149 Å². The van der Waals surface area contributed by atoms with Crippen LogP contribution in [0.1, 0.15) is 28.5 Å². The van der Waals surface area contributed by atoms with Gasteiger partial charge in [-0.15, -0.1) is 17.5 Å². The molecule has 0 radical (unpaired) electrons. The number of halogens is 3. The van der Waals surface area contributed by atoms with Crippen molar-refractivity contribution in [2.45, 2.75) is 24.8 Å². The van der Waals surface area contributed by atoms with Gasteiger partial charge in [-0.25, -0.2) is 22.0 Å². The van der Waals surface area contributed by atoms with Crippen molar-refractivity contribution >= 4 is 51.6 Å². The van der Waals surface area contributed by atoms with Gasteiger partial charge in [0.15, 0.2) is 5.82 Å². The van der Waals surface area contributed by atoms with Gasteiger partial charge in [0.05, 0.1) is 36.0 Å². The van der Waals surface area contributed by atoms with Crippen LogP contribution in [-0.4, -0.2) is 74.0 Å². The molecule has 3 aromatic rings. The Morgan fingerprint density at radius 3 is 2.43 bits per heavy atom. The first kappa shape index (κ1) is 31.2. The fraction of sp³-hybridized carbons (Fsp3) is 0.346. The minimum atomic E-state index is -4.34. The summed E-state index contributed by atoms with van der Waals surface area (Å²) in [6.07, 6.45) is -0.785. The molecule has 0 spiro atoms. The van der Waals surface area contributed by atoms with E-state index in [1.54, 1.807) is 25.1 Å². The Morgan fingerprint density at radius 1 is 1.10 bits per heavy atom. The van der Waals surface area contributed by atoms with Gasteiger partial charge in [0.25, 0.3) is 5.91 Å². The van der Waals surface area contributed by atoms with Crippen LogP contribution in [0, 0.1) is 11.6 Å². The van der Waals surface area contributed by atoms with Crippen molar-refractivity contribution in [2.75, 3.05) is 55.4 Å². The van der Waals surface area contributed by atoms with E-state index in [9.17, 15) is 26.8 Å². The maximum Gasteiger partial charge on any atom is 0.434 e. The van der Waals surface area contributed by atoms with Crippen LogP contribution < -0.4 is 16.0 Å². The predicted molar refractivity (Wildman–Crippen MR) is 151 cm³/mol. The number of nitrogens with zero attached hydrogens (tertiary/aromatic N) is 4. The number of nitrogen functional groups attached to an aromatic ring is 1. The lowest BCUT2D eigenvalue weighted by Crippen LogP contribution is -2.37. The molecule has 3 heterocycles. The summed E-state index contributed by atoms with van der Waals surface area (Å²) in [5.41, 5.74) is 7.99. The fourth-order valence-corrected chi connectivity index (χ4v) is 6.26. The lowest BCUT2D eigenvalue weighted by molar-refractivity contribution is 0.102. The van der Waals surface area contributed by atoms with Gasteiger partial charge in [0.1, 0.15) is 11.6 Å². The Balaban J connectivity index is 0.00000405. The Kier molecular flexibility index (Phi) is 9.35. The number of rotatable bonds is 6. The van der Waals surface area contributed by atoms with Gasteiger partial charge >= 0.3 is 6.09 Å². The second kappa shape index (κ2) is 12.6. The lowest BCUT2D eigenvalue weighted by atomic mass is 10.1. The number of nitrogens with one attached hydrogen (secondary N) is 1. The molecular formula is C26H29ClF2N6O6S. The summed E-state index contributed by atoms with van der Waals surface area (Å²) in [6.45, 7) is 3.78. The molecule has 1 amide bonds. The van der Waals surface area contributed by atoms with E-state index in [0.717, 1.165) is 26.8 Å². The average molecular weight is 627 g/mol. The van der Waals surface area contributed by atoms with Gasteiger partial charge in [0, 0.05) is 55.6 Å². The van der Waals surface area contributed by atoms with E-state index in [4.69, 9.17) is 15.2 Å². The monoisotopic (exact) mass is 626 g/mol. The number of hydrogen-bond donors (Lipinski definition) is 2. The van der Waals surface area contributed by atoms with Crippen LogP contribution in [0.25, 0.3) is 0 Å². The van der Waals surface area contributed by atoms with Gasteiger partial charge in [-0.05, 0) is 37.3 Å². The molecule has 5 rings (SSSR count). The first-order valence-corrected chi connectivity index (χ1v) is 14.3. The van der Waals surface area contributed by atoms with Crippen LogP contribution >= 0.6 is 12.4 Å². The zero-order valence-electron chi connectivity index (χ0n) is 22.5. The summed E-state index contributed by atoms with van der Waals surface area (Å²) in [4.78, 5) is 27.4. The highest BCUT2D eigenvalue weighted by atomic mass is 35.5. The number of hydrogen-bond acceptors (Lipinski definition) is 9. The third-order valence-electron chi connectivity index (χ3n) is 6.82. The minimum Gasteiger partial charge on any atom is -0.448 e. The first-order chi connectivity index (χ1) is 19.6. The van der Waals surface area contributed by atoms with Crippen molar-refractivity contribution in [3.8, 4) is 0 Å². The van der Waals surface area contributed by atoms with Crippen molar-refractivity contribution in [2.24, 2.45) is 0 Å². The summed E-state index contributed by atoms with van der Waals surface area (Å²) in [5, 5.41) is 6.86. The Morgan fingerprint density at radius 2 is 1.79 bits per heavy atom. The molecule has 2 aliphatic rings. The molecule has 0 saturated carbocycles. The first-order valence-electron chi connectivity index (χ1n) is 12.9. The van der Waals surface area contributed by atoms with Gasteiger partial charge in [-0.3, -0.25) is 4.79 Å². The van der Waals surface area contributed by atoms with E-state index >= 15 is 0 Å². The van der Waals surface area contributed by atoms with Crippen LogP contribution in [-0.2, 0) is 32.5 Å². The molecule has 16 heteroatoms. The number of benzene rings is 2. The van der Waals surface area contributed by atoms with Crippen LogP contribution in [0.4, 0.5) is 30.8 Å². The van der Waals surface area contributed by atoms with Crippen LogP contribution in [0.15, 0.2) is 41.3 Å². The third-order valence-corrected chi connectivity index (χ3v) is 8.65. The summed E-state index contributed by atoms with van der Waals surface area (Å²) in [6, 6.07) is 7.03. The number of carbonyl (C=O) groups excluding carboxylic acids is 2. The Labute approximate surface area is 246 Å². The molecule has 0 atom stereocenters. The van der Waals surface area contributed by atoms with Gasteiger partial charge in [-0.2, -0.15) is 8.99 Å². The van der Waals surface area contributed by atoms with Crippen molar-refractivity contribution < 1.29 is 36.3 Å². The third kappa shape index (κ3) is 6.18. The van der Waals surface area contributed by atoms with E-state index in [-0.39, 0.29) is 61.2 Å². The van der Waals surface area contributed by atoms with Crippen LogP contribution in [0.5, 0.6) is 0 Å². The maximum absolute atomic E-state index is 13.8. The van der Waals surface area contributed by atoms with Gasteiger partial charge in [-0.1, -0.05) is 0 Å². The number of amides is 1. The standard InChI is InChI=1S/C26H28F2N6O6S.ClH/c1-2-40-26(36)34-23-5-6-33(41(37,38)19-12-16(27)11-17(28)13-19)15-21(23)24(31-34)30-25(35)20-4-3-18(14-22(20)29)32-7-9-39-10-8-32;/h3-4,11-14H,2,5-10,15,29H2,1H3,(H,30,31,35);1H. The number of nitrogens with two attached hydrogens (primary N) is 1. The van der Waals surface area contributed by atoms with Crippen LogP contribution in [0.3, 0.4) is 0 Å². The predicted octanol–water partition coefficient (Wildman–Crippen LogP) is 3.01. The number of morpholine rings is 1. The maximum atomic E-state index is 13.8. The average Bonchev–Trinajstić information content (AvgIpc) is 3.30. The number of fused-ring (bicyclic) bond motifs is 1. The lowest BCUT2D eigenvalue weighted by Gasteiger charge is -2.29. The molecule has 2 aliphatic heterocycles. The normalized spacial score (nSPS) is 15.5. The second-order valence-corrected chi connectivity index (χ2v) is 11.3. The minimum absolute atomic E-state index is 0. The SMILES string of the molecule is CCOC(=O)n1nc(NC(=O)c2ccc(N3CCOCC3)cc2N)c2c1CCN(S(=O)(=O)c1cc(F)cc(F)c1)C2.Cl. The highest BCUT2D eigenvalue weighted by Gasteiger charge is 2.35. The molecule has 2 aromatic carbocycles. The molecule has 1 aromatic heterocycles. The molecule has 42 heavy (non-hydrogen) atoms. The molecule has 1 saturated heterocycles. The van der Waals surface area contributed by atoms with E-state index in [2.05, 4.69) is 15.3 Å². The Hall–Kier alpha value is -3.79. The van der Waals surface area contributed by atoms with Crippen molar-refractivity contribution in [1.82, 2.24) is 14.1 Å². The number of anilines is 3. The molecule has 1 fully saturated rings. The molecule has 3 N–H and O–H groups in total. The highest BCUT2D eigenvalue weighted by Crippen LogP contribution is 2.31. The molecule has 0 unspecified atom stereocenters. The van der Waals surface area contributed by atoms with Gasteiger partial charge in [0.2, 0.25) is 10.0 Å². The van der Waals surface area contributed by atoms with Crippen molar-refractivity contribution in [3.05, 3.63) is 64.9 Å². The summed E-state index contributed by atoms with van der Waals surface area (Å²) in [5.74, 6) is -2.78. The molecule has 0 bridgehead atoms. The summed E-state index contributed by atoms with van der Waals surface area (Å²) < 4.78 is 66.6. The molecule has 0 aliphatic carbocycles. The van der Waals surface area contributed by atoms with Crippen LogP contribution in [0.2, 0.25) is 0 Å². The quantitative estimate of drug-likeness (QED) is 0.394. The van der Waals surface area contributed by atoms with Crippen molar-refractivity contribution in [3.63, 3.8) is 0 Å². The highest BCUT2D eigenvalue weighted by molar-refractivity contribution is 7.89. The molecule has 12 nitrogen and oxygen atoms in total. The number of ether oxygens (including phenoxy) is 2. The van der Waals surface area contributed by atoms with Gasteiger partial charge < -0.3 is 25.4 Å². The molecular weight excluding hydrogens is 598 g/mol. The zero-order valence-corrected chi connectivity index (χ0v) is 24.1. The Bertz CT molecular complexity index is 1590. The van der Waals surface area contributed by atoms with E-state index in [0.29, 0.717) is 38.1 Å². The summed E-state index contributed by atoms with van der Waals surface area (Å²) in [7, 11) is -4.34.